The number of ether oxygens (including phenoxy) is 8. The van der Waals surface area contributed by atoms with Crippen molar-refractivity contribution in [1.82, 2.24) is 0 Å². The molecule has 0 saturated carbocycles. The molecule has 0 amide bonds. The highest BCUT2D eigenvalue weighted by molar-refractivity contribution is 4.37. The number of hydrogen-bond acceptors (Lipinski definition) is 12. The second-order valence-electron chi connectivity index (χ2n) is 7.97. The predicted octanol–water partition coefficient (Wildman–Crippen LogP) is 1.69. The molecular formula is C28H64O12. The minimum atomic E-state index is 0.0413. The average molecular weight is 593 g/mol. The summed E-state index contributed by atoms with van der Waals surface area (Å²) in [7, 11) is 3.49. The number of unbranched alkanes of at least 4 members (excludes halogenated alkanes) is 4. The summed E-state index contributed by atoms with van der Waals surface area (Å²) in [5.41, 5.74) is 0. The van der Waals surface area contributed by atoms with Crippen LogP contribution in [0.25, 0.3) is 0 Å². The standard InChI is InChI=1S/2C8H18O5.C7H16O.C5H12O/c2*9-1-3-11-5-7-13-8-6-12-4-2-10;1-3-4-5-6-7-8-2;1-3-4-5-6-2/h2*9-10H,1-8H2;3-7H2,1-2H3;3-5H2,1-2H3. The van der Waals surface area contributed by atoms with E-state index in [-0.39, 0.29) is 26.4 Å². The third-order valence-electron chi connectivity index (χ3n) is 4.33. The van der Waals surface area contributed by atoms with Crippen LogP contribution < -0.4 is 0 Å². The summed E-state index contributed by atoms with van der Waals surface area (Å²) in [6.45, 7) is 11.7. The normalized spacial score (nSPS) is 10.2. The number of aliphatic hydroxyl groups excluding tert-OH is 4. The van der Waals surface area contributed by atoms with Crippen molar-refractivity contribution in [1.29, 1.82) is 0 Å². The van der Waals surface area contributed by atoms with Crippen molar-refractivity contribution in [3.8, 4) is 0 Å². The minimum absolute atomic E-state index is 0.0413. The Hall–Kier alpha value is -0.480. The molecule has 0 aliphatic rings. The van der Waals surface area contributed by atoms with Crippen molar-refractivity contribution in [2.45, 2.75) is 52.4 Å². The zero-order valence-corrected chi connectivity index (χ0v) is 26.0. The molecule has 0 unspecified atom stereocenters. The van der Waals surface area contributed by atoms with Gasteiger partial charge in [-0.15, -0.1) is 0 Å². The first-order chi connectivity index (χ1) is 19.7. The van der Waals surface area contributed by atoms with Crippen LogP contribution in [0, 0.1) is 0 Å². The van der Waals surface area contributed by atoms with Crippen molar-refractivity contribution in [2.24, 2.45) is 0 Å². The maximum absolute atomic E-state index is 8.36. The molecule has 0 aliphatic carbocycles. The topological polar surface area (TPSA) is 155 Å². The molecule has 40 heavy (non-hydrogen) atoms. The molecule has 248 valence electrons. The third-order valence-corrected chi connectivity index (χ3v) is 4.33. The summed E-state index contributed by atoms with van der Waals surface area (Å²) >= 11 is 0. The molecule has 0 saturated heterocycles. The summed E-state index contributed by atoms with van der Waals surface area (Å²) in [6.07, 6.45) is 7.63. The molecule has 0 aromatic rings. The minimum Gasteiger partial charge on any atom is -0.394 e. The van der Waals surface area contributed by atoms with E-state index in [9.17, 15) is 0 Å². The molecule has 12 heteroatoms. The van der Waals surface area contributed by atoms with Crippen LogP contribution >= 0.6 is 0 Å². The van der Waals surface area contributed by atoms with E-state index in [1.54, 1.807) is 14.2 Å². The van der Waals surface area contributed by atoms with E-state index in [1.807, 2.05) is 0 Å². The van der Waals surface area contributed by atoms with Crippen molar-refractivity contribution in [2.75, 3.05) is 133 Å². The van der Waals surface area contributed by atoms with Crippen LogP contribution in [0.5, 0.6) is 0 Å². The van der Waals surface area contributed by atoms with Gasteiger partial charge in [-0.25, -0.2) is 0 Å². The maximum atomic E-state index is 8.36. The van der Waals surface area contributed by atoms with Gasteiger partial charge in [-0.3, -0.25) is 0 Å². The molecule has 4 N–H and O–H groups in total. The SMILES string of the molecule is CCCCCCOC.CCCCOC.OCCOCCOCCOCCO.OCCOCCOCCOCCO. The second kappa shape index (κ2) is 54.6. The average Bonchev–Trinajstić information content (AvgIpc) is 2.98. The van der Waals surface area contributed by atoms with E-state index in [4.69, 9.17) is 58.3 Å². The van der Waals surface area contributed by atoms with Crippen LogP contribution in [0.4, 0.5) is 0 Å². The molecule has 0 radical (unpaired) electrons. The Morgan fingerprint density at radius 1 is 0.325 bits per heavy atom. The second-order valence-corrected chi connectivity index (χ2v) is 7.97. The van der Waals surface area contributed by atoms with Gasteiger partial charge in [0, 0.05) is 27.4 Å². The highest BCUT2D eigenvalue weighted by Gasteiger charge is 1.91. The summed E-state index contributed by atoms with van der Waals surface area (Å²) in [6, 6.07) is 0. The van der Waals surface area contributed by atoms with Gasteiger partial charge in [0.25, 0.3) is 0 Å². The number of hydrogen-bond donors (Lipinski definition) is 4. The lowest BCUT2D eigenvalue weighted by atomic mass is 10.2. The summed E-state index contributed by atoms with van der Waals surface area (Å²) < 4.78 is 39.7. The van der Waals surface area contributed by atoms with Gasteiger partial charge in [0.15, 0.2) is 0 Å². The summed E-state index contributed by atoms with van der Waals surface area (Å²) in [5.74, 6) is 0. The number of rotatable bonds is 28. The Morgan fingerprint density at radius 2 is 0.600 bits per heavy atom. The summed E-state index contributed by atoms with van der Waals surface area (Å²) in [4.78, 5) is 0. The van der Waals surface area contributed by atoms with E-state index in [2.05, 4.69) is 13.8 Å². The molecule has 0 spiro atoms. The van der Waals surface area contributed by atoms with Gasteiger partial charge in [0.1, 0.15) is 0 Å². The predicted molar refractivity (Wildman–Crippen MR) is 156 cm³/mol. The fourth-order valence-corrected chi connectivity index (χ4v) is 2.30. The lowest BCUT2D eigenvalue weighted by molar-refractivity contribution is 0.00229. The number of aliphatic hydroxyl groups is 4. The first kappa shape index (κ1) is 46.5. The van der Waals surface area contributed by atoms with E-state index >= 15 is 0 Å². The van der Waals surface area contributed by atoms with E-state index in [0.29, 0.717) is 79.3 Å². The van der Waals surface area contributed by atoms with Gasteiger partial charge in [0.2, 0.25) is 0 Å². The van der Waals surface area contributed by atoms with Crippen LogP contribution in [0.3, 0.4) is 0 Å². The first-order valence-electron chi connectivity index (χ1n) is 14.5. The fourth-order valence-electron chi connectivity index (χ4n) is 2.30. The molecule has 0 aliphatic heterocycles. The van der Waals surface area contributed by atoms with Crippen molar-refractivity contribution in [3.63, 3.8) is 0 Å². The smallest absolute Gasteiger partial charge is 0.0701 e. The fraction of sp³-hybridized carbons (Fsp3) is 1.00. The van der Waals surface area contributed by atoms with Gasteiger partial charge in [-0.2, -0.15) is 0 Å². The van der Waals surface area contributed by atoms with Gasteiger partial charge in [0.05, 0.1) is 106 Å². The Labute approximate surface area is 244 Å². The Kier molecular flexibility index (Phi) is 63.4. The van der Waals surface area contributed by atoms with Crippen molar-refractivity contribution >= 4 is 0 Å². The van der Waals surface area contributed by atoms with Crippen molar-refractivity contribution < 1.29 is 58.3 Å². The quantitative estimate of drug-likeness (QED) is 0.0977. The highest BCUT2D eigenvalue weighted by Crippen LogP contribution is 1.97. The lowest BCUT2D eigenvalue weighted by Crippen LogP contribution is -2.11. The van der Waals surface area contributed by atoms with Crippen LogP contribution in [-0.2, 0) is 37.9 Å². The van der Waals surface area contributed by atoms with E-state index in [0.717, 1.165) is 13.2 Å². The Balaban J connectivity index is -0.000000226. The monoisotopic (exact) mass is 592 g/mol. The van der Waals surface area contributed by atoms with E-state index < -0.39 is 0 Å². The molecule has 0 fully saturated rings. The molecule has 12 nitrogen and oxygen atoms in total. The Bertz CT molecular complexity index is 303. The molecule has 0 aromatic heterocycles. The molecule has 0 heterocycles. The van der Waals surface area contributed by atoms with Gasteiger partial charge >= 0.3 is 0 Å². The highest BCUT2D eigenvalue weighted by atomic mass is 16.6. The molecule has 0 aromatic carbocycles. The van der Waals surface area contributed by atoms with Crippen LogP contribution in [0.1, 0.15) is 52.4 Å². The zero-order chi connectivity index (χ0) is 30.6. The van der Waals surface area contributed by atoms with Gasteiger partial charge < -0.3 is 58.3 Å². The van der Waals surface area contributed by atoms with Crippen LogP contribution in [-0.4, -0.2) is 154 Å². The molecular weight excluding hydrogens is 528 g/mol. The zero-order valence-electron chi connectivity index (χ0n) is 26.0. The van der Waals surface area contributed by atoms with E-state index in [1.165, 1.54) is 38.5 Å². The van der Waals surface area contributed by atoms with Gasteiger partial charge in [-0.1, -0.05) is 39.5 Å². The summed E-state index contributed by atoms with van der Waals surface area (Å²) in [5, 5.41) is 33.4. The Morgan fingerprint density at radius 3 is 0.825 bits per heavy atom. The maximum Gasteiger partial charge on any atom is 0.0701 e. The number of methoxy groups -OCH3 is 2. The van der Waals surface area contributed by atoms with Crippen LogP contribution in [0.2, 0.25) is 0 Å². The largest absolute Gasteiger partial charge is 0.394 e. The van der Waals surface area contributed by atoms with Gasteiger partial charge in [-0.05, 0) is 12.8 Å². The first-order valence-corrected chi connectivity index (χ1v) is 14.5. The van der Waals surface area contributed by atoms with Crippen LogP contribution in [0.15, 0.2) is 0 Å². The molecule has 0 rings (SSSR count). The third kappa shape index (κ3) is 66.1. The molecule has 0 bridgehead atoms. The lowest BCUT2D eigenvalue weighted by Gasteiger charge is -2.04. The van der Waals surface area contributed by atoms with Crippen molar-refractivity contribution in [3.05, 3.63) is 0 Å². The molecule has 0 atom stereocenters.